The van der Waals surface area contributed by atoms with Crippen LogP contribution in [0, 0.1) is 0 Å². The standard InChI is InChI=1S/C6H9NO/c1-4-6(8)5(2)7-3/h4,8H,1,3H2,2H3/b6-5+. The molecule has 0 unspecified atom stereocenters. The van der Waals surface area contributed by atoms with Gasteiger partial charge in [0.2, 0.25) is 0 Å². The summed E-state index contributed by atoms with van der Waals surface area (Å²) in [5, 5.41) is 8.75. The second-order valence-corrected chi connectivity index (χ2v) is 1.33. The van der Waals surface area contributed by atoms with Crippen molar-refractivity contribution in [3.05, 3.63) is 24.1 Å². The molecular weight excluding hydrogens is 102 g/mol. The first-order valence-corrected chi connectivity index (χ1v) is 2.21. The summed E-state index contributed by atoms with van der Waals surface area (Å²) in [7, 11) is 0. The normalized spacial score (nSPS) is 12.1. The number of allylic oxidation sites excluding steroid dienone is 2. The Hall–Kier alpha value is -1.05. The van der Waals surface area contributed by atoms with E-state index in [1.54, 1.807) is 6.92 Å². The van der Waals surface area contributed by atoms with Gasteiger partial charge in [0, 0.05) is 0 Å². The summed E-state index contributed by atoms with van der Waals surface area (Å²) in [6, 6.07) is 0. The van der Waals surface area contributed by atoms with Gasteiger partial charge >= 0.3 is 0 Å². The van der Waals surface area contributed by atoms with Gasteiger partial charge in [-0.05, 0) is 19.7 Å². The van der Waals surface area contributed by atoms with Crippen LogP contribution in [0.1, 0.15) is 6.92 Å². The molecule has 1 N–H and O–H groups in total. The van der Waals surface area contributed by atoms with E-state index in [0.29, 0.717) is 5.70 Å². The highest BCUT2D eigenvalue weighted by molar-refractivity contribution is 5.30. The molecule has 0 aliphatic heterocycles. The Bertz CT molecular complexity index is 119. The van der Waals surface area contributed by atoms with Gasteiger partial charge in [-0.2, -0.15) is 0 Å². The van der Waals surface area contributed by atoms with Gasteiger partial charge in [-0.3, -0.25) is 4.99 Å². The highest BCUT2D eigenvalue weighted by Crippen LogP contribution is 1.99. The maximum absolute atomic E-state index is 8.75. The zero-order valence-electron chi connectivity index (χ0n) is 4.89. The van der Waals surface area contributed by atoms with Crippen LogP contribution in [0.2, 0.25) is 0 Å². The van der Waals surface area contributed by atoms with Crippen LogP contribution in [-0.4, -0.2) is 11.8 Å². The van der Waals surface area contributed by atoms with E-state index in [-0.39, 0.29) is 5.76 Å². The molecule has 2 nitrogen and oxygen atoms in total. The molecule has 0 spiro atoms. The molecule has 2 heteroatoms. The van der Waals surface area contributed by atoms with E-state index in [1.165, 1.54) is 6.08 Å². The lowest BCUT2D eigenvalue weighted by atomic mass is 10.4. The van der Waals surface area contributed by atoms with Crippen molar-refractivity contribution in [1.29, 1.82) is 0 Å². The van der Waals surface area contributed by atoms with Crippen LogP contribution in [0.15, 0.2) is 29.1 Å². The molecule has 0 aromatic heterocycles. The quantitative estimate of drug-likeness (QED) is 0.328. The average molecular weight is 111 g/mol. The molecule has 0 aromatic rings. The molecule has 0 saturated carbocycles. The van der Waals surface area contributed by atoms with Crippen LogP contribution in [0.3, 0.4) is 0 Å². The first-order chi connectivity index (χ1) is 3.72. The summed E-state index contributed by atoms with van der Waals surface area (Å²) in [5.41, 5.74) is 0.500. The predicted octanol–water partition coefficient (Wildman–Crippen LogP) is 1.66. The third kappa shape index (κ3) is 1.60. The van der Waals surface area contributed by atoms with Crippen LogP contribution in [-0.2, 0) is 0 Å². The molecule has 0 radical (unpaired) electrons. The van der Waals surface area contributed by atoms with Gasteiger partial charge in [0.05, 0.1) is 5.70 Å². The number of rotatable bonds is 2. The molecule has 0 heterocycles. The van der Waals surface area contributed by atoms with Crippen molar-refractivity contribution in [1.82, 2.24) is 0 Å². The molecule has 0 fully saturated rings. The lowest BCUT2D eigenvalue weighted by Crippen LogP contribution is -1.77. The SMILES string of the molecule is C=C/C(O)=C(/C)N=C. The number of aliphatic imine (C=N–C) groups is 1. The molecule has 0 rings (SSSR count). The third-order valence-electron chi connectivity index (χ3n) is 0.801. The number of aliphatic hydroxyl groups is 1. The Labute approximate surface area is 48.9 Å². The second kappa shape index (κ2) is 3.02. The zero-order valence-corrected chi connectivity index (χ0v) is 4.89. The van der Waals surface area contributed by atoms with Gasteiger partial charge in [0.1, 0.15) is 5.76 Å². The van der Waals surface area contributed by atoms with Crippen molar-refractivity contribution in [2.75, 3.05) is 0 Å². The zero-order chi connectivity index (χ0) is 6.57. The first-order valence-electron chi connectivity index (χ1n) is 2.21. The highest BCUT2D eigenvalue weighted by atomic mass is 16.3. The van der Waals surface area contributed by atoms with Gasteiger partial charge in [-0.15, -0.1) is 0 Å². The fourth-order valence-electron chi connectivity index (χ4n) is 0.229. The fourth-order valence-corrected chi connectivity index (χ4v) is 0.229. The smallest absolute Gasteiger partial charge is 0.136 e. The number of hydrogen-bond acceptors (Lipinski definition) is 2. The topological polar surface area (TPSA) is 32.6 Å². The summed E-state index contributed by atoms with van der Waals surface area (Å²) in [6.45, 7) is 8.20. The molecular formula is C6H9NO. The lowest BCUT2D eigenvalue weighted by Gasteiger charge is -1.90. The van der Waals surface area contributed by atoms with Crippen molar-refractivity contribution in [2.24, 2.45) is 4.99 Å². The minimum Gasteiger partial charge on any atom is -0.506 e. The molecule has 0 aromatic carbocycles. The number of aliphatic hydroxyl groups excluding tert-OH is 1. The van der Waals surface area contributed by atoms with E-state index >= 15 is 0 Å². The van der Waals surface area contributed by atoms with Crippen molar-refractivity contribution in [3.8, 4) is 0 Å². The molecule has 0 bridgehead atoms. The third-order valence-corrected chi connectivity index (χ3v) is 0.801. The van der Waals surface area contributed by atoms with Gasteiger partial charge in [0.25, 0.3) is 0 Å². The molecule has 0 aliphatic rings. The summed E-state index contributed by atoms with van der Waals surface area (Å²) in [5.74, 6) is 0.0833. The van der Waals surface area contributed by atoms with E-state index in [0.717, 1.165) is 0 Å². The van der Waals surface area contributed by atoms with E-state index in [4.69, 9.17) is 5.11 Å². The number of hydrogen-bond donors (Lipinski definition) is 1. The molecule has 44 valence electrons. The number of nitrogens with zero attached hydrogens (tertiary/aromatic N) is 1. The van der Waals surface area contributed by atoms with Crippen LogP contribution in [0.25, 0.3) is 0 Å². The van der Waals surface area contributed by atoms with Crippen LogP contribution in [0.4, 0.5) is 0 Å². The van der Waals surface area contributed by atoms with Crippen LogP contribution < -0.4 is 0 Å². The maximum Gasteiger partial charge on any atom is 0.136 e. The van der Waals surface area contributed by atoms with E-state index < -0.39 is 0 Å². The first kappa shape index (κ1) is 6.95. The molecule has 0 aliphatic carbocycles. The predicted molar refractivity (Wildman–Crippen MR) is 35.1 cm³/mol. The Balaban J connectivity index is 4.25. The fraction of sp³-hybridized carbons (Fsp3) is 0.167. The van der Waals surface area contributed by atoms with E-state index in [1.807, 2.05) is 0 Å². The van der Waals surface area contributed by atoms with Crippen molar-refractivity contribution >= 4 is 6.72 Å². The molecule has 0 amide bonds. The second-order valence-electron chi connectivity index (χ2n) is 1.33. The minimum atomic E-state index is 0.0833. The Morgan fingerprint density at radius 3 is 2.38 bits per heavy atom. The molecule has 0 saturated heterocycles. The van der Waals surface area contributed by atoms with Crippen molar-refractivity contribution < 1.29 is 5.11 Å². The van der Waals surface area contributed by atoms with Gasteiger partial charge in [-0.25, -0.2) is 0 Å². The largest absolute Gasteiger partial charge is 0.506 e. The van der Waals surface area contributed by atoms with Crippen LogP contribution >= 0.6 is 0 Å². The monoisotopic (exact) mass is 111 g/mol. The summed E-state index contributed by atoms with van der Waals surface area (Å²) < 4.78 is 0. The summed E-state index contributed by atoms with van der Waals surface area (Å²) in [6.07, 6.45) is 1.32. The molecule has 0 atom stereocenters. The van der Waals surface area contributed by atoms with Gasteiger partial charge in [-0.1, -0.05) is 6.58 Å². The van der Waals surface area contributed by atoms with Gasteiger partial charge in [0.15, 0.2) is 0 Å². The Morgan fingerprint density at radius 1 is 1.75 bits per heavy atom. The average Bonchev–Trinajstić information content (AvgIpc) is 1.84. The van der Waals surface area contributed by atoms with Crippen molar-refractivity contribution in [3.63, 3.8) is 0 Å². The van der Waals surface area contributed by atoms with E-state index in [9.17, 15) is 0 Å². The van der Waals surface area contributed by atoms with Gasteiger partial charge < -0.3 is 5.11 Å². The lowest BCUT2D eigenvalue weighted by molar-refractivity contribution is 0.425. The highest BCUT2D eigenvalue weighted by Gasteiger charge is 1.87. The molecule has 8 heavy (non-hydrogen) atoms. The summed E-state index contributed by atoms with van der Waals surface area (Å²) >= 11 is 0. The summed E-state index contributed by atoms with van der Waals surface area (Å²) in [4.78, 5) is 3.47. The minimum absolute atomic E-state index is 0.0833. The van der Waals surface area contributed by atoms with Crippen LogP contribution in [0.5, 0.6) is 0 Å². The van der Waals surface area contributed by atoms with Crippen molar-refractivity contribution in [2.45, 2.75) is 6.92 Å². The van der Waals surface area contributed by atoms with E-state index in [2.05, 4.69) is 18.3 Å². The maximum atomic E-state index is 8.75. The Morgan fingerprint density at radius 2 is 2.25 bits per heavy atom. The Kier molecular flexibility index (Phi) is 2.62.